The van der Waals surface area contributed by atoms with Crippen LogP contribution in [0.5, 0.6) is 0 Å². The van der Waals surface area contributed by atoms with E-state index in [0.717, 1.165) is 44.7 Å². The van der Waals surface area contributed by atoms with Crippen LogP contribution in [0.15, 0.2) is 119 Å². The lowest BCUT2D eigenvalue weighted by atomic mass is 10.0. The molecular formula is C36H40BrN3O4S. The summed E-state index contributed by atoms with van der Waals surface area (Å²) < 4.78 is 30.2. The second kappa shape index (κ2) is 16.4. The molecule has 0 fully saturated rings. The number of aryl methyl sites for hydroxylation is 1. The van der Waals surface area contributed by atoms with Crippen molar-refractivity contribution in [1.82, 2.24) is 10.2 Å². The molecule has 0 heterocycles. The van der Waals surface area contributed by atoms with Crippen molar-refractivity contribution in [3.05, 3.63) is 130 Å². The predicted octanol–water partition coefficient (Wildman–Crippen LogP) is 6.76. The maximum Gasteiger partial charge on any atom is 0.264 e. The quantitative estimate of drug-likeness (QED) is 0.140. The molecule has 4 aromatic carbocycles. The normalized spacial score (nSPS) is 11.9. The summed E-state index contributed by atoms with van der Waals surface area (Å²) in [5, 5.41) is 3.02. The average molecular weight is 691 g/mol. The van der Waals surface area contributed by atoms with Crippen LogP contribution in [0.25, 0.3) is 0 Å². The number of nitrogens with zero attached hydrogens (tertiary/aromatic N) is 2. The van der Waals surface area contributed by atoms with E-state index in [1.807, 2.05) is 80.6 Å². The number of hydrogen-bond donors (Lipinski definition) is 1. The van der Waals surface area contributed by atoms with Gasteiger partial charge < -0.3 is 10.2 Å². The third kappa shape index (κ3) is 9.28. The molecule has 9 heteroatoms. The van der Waals surface area contributed by atoms with Gasteiger partial charge in [-0.2, -0.15) is 0 Å². The number of rotatable bonds is 15. The van der Waals surface area contributed by atoms with E-state index in [2.05, 4.69) is 21.2 Å². The molecule has 4 rings (SSSR count). The number of sulfonamides is 1. The highest BCUT2D eigenvalue weighted by molar-refractivity contribution is 9.10. The highest BCUT2D eigenvalue weighted by Gasteiger charge is 2.34. The predicted molar refractivity (Wildman–Crippen MR) is 183 cm³/mol. The Bertz CT molecular complexity index is 1650. The van der Waals surface area contributed by atoms with Crippen LogP contribution in [0.4, 0.5) is 5.69 Å². The van der Waals surface area contributed by atoms with E-state index in [9.17, 15) is 18.0 Å². The minimum atomic E-state index is -4.13. The summed E-state index contributed by atoms with van der Waals surface area (Å²) in [6.07, 6.45) is 2.78. The summed E-state index contributed by atoms with van der Waals surface area (Å²) in [5.74, 6) is -0.763. The van der Waals surface area contributed by atoms with Crippen molar-refractivity contribution in [2.75, 3.05) is 17.4 Å². The van der Waals surface area contributed by atoms with Crippen molar-refractivity contribution in [3.63, 3.8) is 0 Å². The van der Waals surface area contributed by atoms with Crippen molar-refractivity contribution in [2.24, 2.45) is 0 Å². The number of nitrogens with one attached hydrogen (secondary N) is 1. The van der Waals surface area contributed by atoms with Gasteiger partial charge in [0.05, 0.1) is 10.6 Å². The Labute approximate surface area is 275 Å². The Hall–Kier alpha value is -3.95. The van der Waals surface area contributed by atoms with Crippen LogP contribution in [-0.2, 0) is 39.0 Å². The van der Waals surface area contributed by atoms with Gasteiger partial charge >= 0.3 is 0 Å². The number of hydrogen-bond acceptors (Lipinski definition) is 4. The zero-order chi connectivity index (χ0) is 32.2. The number of unbranched alkanes of at least 4 members (excludes halogenated alkanes) is 1. The van der Waals surface area contributed by atoms with Gasteiger partial charge in [0.2, 0.25) is 11.8 Å². The fourth-order valence-corrected chi connectivity index (χ4v) is 6.92. The lowest BCUT2D eigenvalue weighted by Gasteiger charge is -2.34. The van der Waals surface area contributed by atoms with Crippen LogP contribution in [-0.4, -0.2) is 44.3 Å². The number of halogens is 1. The van der Waals surface area contributed by atoms with E-state index in [0.29, 0.717) is 12.2 Å². The number of benzene rings is 4. The standard InChI is InChI=1S/C36H40BrN3O4S/c1-3-5-23-38-36(42)34(25-29-13-8-6-9-14-29)39(26-30-15-12-16-31(37)24-30)35(41)27-40(32-21-19-28(4-2)20-22-32)45(43,44)33-17-10-7-11-18-33/h6-22,24,34H,3-5,23,25-27H2,1-2H3,(H,38,42). The molecule has 0 saturated heterocycles. The number of anilines is 1. The number of carbonyl (C=O) groups is 2. The fraction of sp³-hybridized carbons (Fsp3) is 0.278. The molecule has 0 bridgehead atoms. The largest absolute Gasteiger partial charge is 0.354 e. The average Bonchev–Trinajstić information content (AvgIpc) is 3.06. The fourth-order valence-electron chi connectivity index (χ4n) is 5.04. The third-order valence-corrected chi connectivity index (χ3v) is 9.87. The van der Waals surface area contributed by atoms with E-state index in [4.69, 9.17) is 0 Å². The molecule has 4 aromatic rings. The Balaban J connectivity index is 1.78. The SMILES string of the molecule is CCCCNC(=O)C(Cc1ccccc1)N(Cc1cccc(Br)c1)C(=O)CN(c1ccc(CC)cc1)S(=O)(=O)c1ccccc1. The first-order valence-electron chi connectivity index (χ1n) is 15.2. The molecule has 1 unspecified atom stereocenters. The molecule has 0 spiro atoms. The monoisotopic (exact) mass is 689 g/mol. The smallest absolute Gasteiger partial charge is 0.264 e. The highest BCUT2D eigenvalue weighted by atomic mass is 79.9. The zero-order valence-corrected chi connectivity index (χ0v) is 28.1. The lowest BCUT2D eigenvalue weighted by Crippen LogP contribution is -2.53. The van der Waals surface area contributed by atoms with Gasteiger partial charge in [-0.25, -0.2) is 8.42 Å². The second-order valence-corrected chi connectivity index (χ2v) is 13.6. The van der Waals surface area contributed by atoms with Crippen molar-refractivity contribution in [1.29, 1.82) is 0 Å². The van der Waals surface area contributed by atoms with Gasteiger partial charge in [-0.1, -0.05) is 109 Å². The number of amides is 2. The molecule has 1 N–H and O–H groups in total. The van der Waals surface area contributed by atoms with Gasteiger partial charge in [0.1, 0.15) is 12.6 Å². The maximum atomic E-state index is 14.5. The molecule has 45 heavy (non-hydrogen) atoms. The summed E-state index contributed by atoms with van der Waals surface area (Å²) >= 11 is 3.52. The van der Waals surface area contributed by atoms with Crippen LogP contribution >= 0.6 is 15.9 Å². The van der Waals surface area contributed by atoms with E-state index in [1.165, 1.54) is 17.0 Å². The maximum absolute atomic E-state index is 14.5. The molecule has 0 radical (unpaired) electrons. The first-order chi connectivity index (χ1) is 21.7. The van der Waals surface area contributed by atoms with Gasteiger partial charge in [0.25, 0.3) is 10.0 Å². The molecule has 2 amide bonds. The first-order valence-corrected chi connectivity index (χ1v) is 17.5. The summed E-state index contributed by atoms with van der Waals surface area (Å²) in [6, 6.07) is 31.5. The van der Waals surface area contributed by atoms with Crippen LogP contribution < -0.4 is 9.62 Å². The molecule has 7 nitrogen and oxygen atoms in total. The van der Waals surface area contributed by atoms with Gasteiger partial charge in [-0.3, -0.25) is 13.9 Å². The lowest BCUT2D eigenvalue weighted by molar-refractivity contribution is -0.140. The summed E-state index contributed by atoms with van der Waals surface area (Å²) in [7, 11) is -4.13. The van der Waals surface area contributed by atoms with Crippen LogP contribution in [0, 0.1) is 0 Å². The van der Waals surface area contributed by atoms with Crippen molar-refractivity contribution in [3.8, 4) is 0 Å². The van der Waals surface area contributed by atoms with Crippen molar-refractivity contribution >= 4 is 43.5 Å². The minimum Gasteiger partial charge on any atom is -0.354 e. The van der Waals surface area contributed by atoms with Gasteiger partial charge in [0.15, 0.2) is 0 Å². The van der Waals surface area contributed by atoms with E-state index in [1.54, 1.807) is 30.3 Å². The molecule has 0 aliphatic heterocycles. The van der Waals surface area contributed by atoms with Crippen LogP contribution in [0.2, 0.25) is 0 Å². The van der Waals surface area contributed by atoms with Crippen LogP contribution in [0.3, 0.4) is 0 Å². The molecule has 1 atom stereocenters. The van der Waals surface area contributed by atoms with E-state index >= 15 is 0 Å². The molecular weight excluding hydrogens is 650 g/mol. The minimum absolute atomic E-state index is 0.0778. The zero-order valence-electron chi connectivity index (χ0n) is 25.7. The van der Waals surface area contributed by atoms with Crippen molar-refractivity contribution < 1.29 is 18.0 Å². The van der Waals surface area contributed by atoms with Crippen LogP contribution in [0.1, 0.15) is 43.4 Å². The van der Waals surface area contributed by atoms with E-state index in [-0.39, 0.29) is 23.8 Å². The molecule has 0 saturated carbocycles. The molecule has 0 aromatic heterocycles. The molecule has 236 valence electrons. The Kier molecular flexibility index (Phi) is 12.4. The number of carbonyl (C=O) groups excluding carboxylic acids is 2. The second-order valence-electron chi connectivity index (χ2n) is 10.8. The summed E-state index contributed by atoms with van der Waals surface area (Å²) in [6.45, 7) is 4.19. The topological polar surface area (TPSA) is 86.8 Å². The molecule has 0 aliphatic rings. The van der Waals surface area contributed by atoms with Gasteiger partial charge in [-0.05, 0) is 65.9 Å². The summed E-state index contributed by atoms with van der Waals surface area (Å²) in [5.41, 5.74) is 3.12. The Morgan fingerprint density at radius 1 is 0.800 bits per heavy atom. The first kappa shape index (κ1) is 33.9. The van der Waals surface area contributed by atoms with Gasteiger partial charge in [0, 0.05) is 24.0 Å². The van der Waals surface area contributed by atoms with Crippen molar-refractivity contribution in [2.45, 2.75) is 57.0 Å². The van der Waals surface area contributed by atoms with E-state index < -0.39 is 28.5 Å². The van der Waals surface area contributed by atoms with Gasteiger partial charge in [-0.15, -0.1) is 0 Å². The third-order valence-electron chi connectivity index (χ3n) is 7.59. The summed E-state index contributed by atoms with van der Waals surface area (Å²) in [4.78, 5) is 29.9. The Morgan fingerprint density at radius 3 is 2.07 bits per heavy atom. The molecule has 0 aliphatic carbocycles. The Morgan fingerprint density at radius 2 is 1.44 bits per heavy atom. The highest BCUT2D eigenvalue weighted by Crippen LogP contribution is 2.26.